The molecule has 1 heterocycles. The highest BCUT2D eigenvalue weighted by Gasteiger charge is 2.09. The van der Waals surface area contributed by atoms with Crippen LogP contribution >= 0.6 is 27.7 Å². The van der Waals surface area contributed by atoms with Crippen molar-refractivity contribution in [3.05, 3.63) is 40.5 Å². The van der Waals surface area contributed by atoms with Crippen molar-refractivity contribution >= 4 is 33.5 Å². The van der Waals surface area contributed by atoms with Gasteiger partial charge in [-0.25, -0.2) is 4.68 Å². The van der Waals surface area contributed by atoms with Gasteiger partial charge in [-0.15, -0.1) is 11.8 Å². The maximum Gasteiger partial charge on any atom is 0.135 e. The molecular formula is C13H16BrN3S. The Morgan fingerprint density at radius 2 is 2.00 bits per heavy atom. The molecule has 2 aromatic rings. The second-order valence-electron chi connectivity index (χ2n) is 4.34. The number of benzene rings is 1. The molecular weight excluding hydrogens is 310 g/mol. The van der Waals surface area contributed by atoms with E-state index in [-0.39, 0.29) is 0 Å². The summed E-state index contributed by atoms with van der Waals surface area (Å²) in [6.45, 7) is 5.00. The number of nitrogens with two attached hydrogens (primary N) is 1. The average Bonchev–Trinajstić information content (AvgIpc) is 2.64. The fourth-order valence-corrected chi connectivity index (χ4v) is 2.72. The van der Waals surface area contributed by atoms with E-state index in [0.717, 1.165) is 15.2 Å². The number of rotatable bonds is 4. The first-order chi connectivity index (χ1) is 8.56. The first-order valence-electron chi connectivity index (χ1n) is 5.78. The molecule has 2 N–H and O–H groups in total. The van der Waals surface area contributed by atoms with Crippen molar-refractivity contribution in [3.63, 3.8) is 0 Å². The van der Waals surface area contributed by atoms with E-state index in [9.17, 15) is 0 Å². The molecule has 0 aliphatic heterocycles. The number of anilines is 1. The Labute approximate surface area is 120 Å². The number of nitrogens with zero attached hydrogens (tertiary/aromatic N) is 2. The second kappa shape index (κ2) is 5.80. The topological polar surface area (TPSA) is 43.8 Å². The maximum absolute atomic E-state index is 6.10. The van der Waals surface area contributed by atoms with Crippen molar-refractivity contribution in [2.24, 2.45) is 0 Å². The molecule has 0 amide bonds. The van der Waals surface area contributed by atoms with Gasteiger partial charge in [0.1, 0.15) is 5.82 Å². The normalized spacial score (nSPS) is 11.1. The van der Waals surface area contributed by atoms with Crippen LogP contribution in [0.2, 0.25) is 0 Å². The number of nitrogen functional groups attached to an aromatic ring is 1. The van der Waals surface area contributed by atoms with E-state index in [1.165, 1.54) is 5.56 Å². The SMILES string of the molecule is CC(C)Sc1cnn(Cc2ccc(Br)cc2)c1N. The molecule has 0 aliphatic carbocycles. The Balaban J connectivity index is 2.14. The fourth-order valence-electron chi connectivity index (χ4n) is 1.61. The molecule has 1 aromatic heterocycles. The lowest BCUT2D eigenvalue weighted by Gasteiger charge is -2.06. The van der Waals surface area contributed by atoms with Crippen molar-refractivity contribution in [1.82, 2.24) is 9.78 Å². The molecule has 5 heteroatoms. The zero-order valence-electron chi connectivity index (χ0n) is 10.4. The fraction of sp³-hybridized carbons (Fsp3) is 0.308. The largest absolute Gasteiger partial charge is 0.383 e. The molecule has 1 aromatic carbocycles. The molecule has 0 saturated heterocycles. The van der Waals surface area contributed by atoms with E-state index in [1.807, 2.05) is 23.0 Å². The minimum atomic E-state index is 0.512. The molecule has 0 bridgehead atoms. The van der Waals surface area contributed by atoms with Gasteiger partial charge in [0.2, 0.25) is 0 Å². The van der Waals surface area contributed by atoms with Gasteiger partial charge in [0.15, 0.2) is 0 Å². The van der Waals surface area contributed by atoms with E-state index in [0.29, 0.717) is 11.8 Å². The Kier molecular flexibility index (Phi) is 4.35. The van der Waals surface area contributed by atoms with Gasteiger partial charge in [0.25, 0.3) is 0 Å². The summed E-state index contributed by atoms with van der Waals surface area (Å²) >= 11 is 5.17. The minimum absolute atomic E-state index is 0.512. The van der Waals surface area contributed by atoms with Gasteiger partial charge in [0.05, 0.1) is 17.6 Å². The quantitative estimate of drug-likeness (QED) is 0.870. The molecule has 3 nitrogen and oxygen atoms in total. The Morgan fingerprint density at radius 3 is 2.61 bits per heavy atom. The Bertz CT molecular complexity index is 520. The number of hydrogen-bond donors (Lipinski definition) is 1. The highest BCUT2D eigenvalue weighted by molar-refractivity contribution is 9.10. The maximum atomic E-state index is 6.10. The molecule has 0 atom stereocenters. The standard InChI is InChI=1S/C13H16BrN3S/c1-9(2)18-12-7-16-17(13(12)15)8-10-3-5-11(14)6-4-10/h3-7,9H,8,15H2,1-2H3. The summed E-state index contributed by atoms with van der Waals surface area (Å²) in [4.78, 5) is 1.06. The number of thioether (sulfide) groups is 1. The molecule has 0 spiro atoms. The predicted molar refractivity (Wildman–Crippen MR) is 80.9 cm³/mol. The first kappa shape index (κ1) is 13.5. The van der Waals surface area contributed by atoms with Crippen LogP contribution in [0.3, 0.4) is 0 Å². The van der Waals surface area contributed by atoms with Crippen LogP contribution in [0.15, 0.2) is 39.8 Å². The minimum Gasteiger partial charge on any atom is -0.383 e. The monoisotopic (exact) mass is 325 g/mol. The summed E-state index contributed by atoms with van der Waals surface area (Å²) in [6, 6.07) is 8.19. The predicted octanol–water partition coefficient (Wildman–Crippen LogP) is 3.78. The van der Waals surface area contributed by atoms with Crippen LogP contribution in [0.5, 0.6) is 0 Å². The van der Waals surface area contributed by atoms with Crippen LogP contribution in [0.1, 0.15) is 19.4 Å². The number of hydrogen-bond acceptors (Lipinski definition) is 3. The van der Waals surface area contributed by atoms with E-state index in [4.69, 9.17) is 5.73 Å². The van der Waals surface area contributed by atoms with Gasteiger partial charge < -0.3 is 5.73 Å². The summed E-state index contributed by atoms with van der Waals surface area (Å²) < 4.78 is 2.92. The molecule has 96 valence electrons. The van der Waals surface area contributed by atoms with Crippen LogP contribution in [-0.2, 0) is 6.54 Å². The third kappa shape index (κ3) is 3.29. The van der Waals surface area contributed by atoms with E-state index < -0.39 is 0 Å². The Morgan fingerprint density at radius 1 is 1.33 bits per heavy atom. The third-order valence-corrected chi connectivity index (χ3v) is 4.02. The van der Waals surface area contributed by atoms with Gasteiger partial charge in [-0.1, -0.05) is 41.9 Å². The van der Waals surface area contributed by atoms with Crippen molar-refractivity contribution in [1.29, 1.82) is 0 Å². The van der Waals surface area contributed by atoms with E-state index in [2.05, 4.69) is 47.0 Å². The molecule has 0 unspecified atom stereocenters. The summed E-state index contributed by atoms with van der Waals surface area (Å²) in [7, 11) is 0. The molecule has 0 saturated carbocycles. The molecule has 0 aliphatic rings. The number of halogens is 1. The van der Waals surface area contributed by atoms with Crippen molar-refractivity contribution < 1.29 is 0 Å². The van der Waals surface area contributed by atoms with Crippen molar-refractivity contribution in [3.8, 4) is 0 Å². The lowest BCUT2D eigenvalue weighted by atomic mass is 10.2. The average molecular weight is 326 g/mol. The molecule has 0 radical (unpaired) electrons. The van der Waals surface area contributed by atoms with Gasteiger partial charge in [0, 0.05) is 9.72 Å². The number of aromatic nitrogens is 2. The van der Waals surface area contributed by atoms with Gasteiger partial charge in [-0.05, 0) is 17.7 Å². The zero-order chi connectivity index (χ0) is 13.1. The molecule has 2 rings (SSSR count). The van der Waals surface area contributed by atoms with Gasteiger partial charge >= 0.3 is 0 Å². The Hall–Kier alpha value is -0.940. The van der Waals surface area contributed by atoms with E-state index >= 15 is 0 Å². The smallest absolute Gasteiger partial charge is 0.135 e. The second-order valence-corrected chi connectivity index (χ2v) is 6.88. The van der Waals surface area contributed by atoms with Gasteiger partial charge in [-0.2, -0.15) is 5.10 Å². The highest BCUT2D eigenvalue weighted by Crippen LogP contribution is 2.28. The van der Waals surface area contributed by atoms with Crippen LogP contribution in [0, 0.1) is 0 Å². The molecule has 0 fully saturated rings. The first-order valence-corrected chi connectivity index (χ1v) is 7.46. The summed E-state index contributed by atoms with van der Waals surface area (Å²) in [6.07, 6.45) is 1.85. The third-order valence-electron chi connectivity index (χ3n) is 2.45. The lowest BCUT2D eigenvalue weighted by Crippen LogP contribution is -2.06. The van der Waals surface area contributed by atoms with Crippen LogP contribution in [0.4, 0.5) is 5.82 Å². The zero-order valence-corrected chi connectivity index (χ0v) is 12.8. The lowest BCUT2D eigenvalue weighted by molar-refractivity contribution is 0.696. The van der Waals surface area contributed by atoms with Crippen LogP contribution < -0.4 is 5.73 Å². The summed E-state index contributed by atoms with van der Waals surface area (Å²) in [5.41, 5.74) is 7.29. The van der Waals surface area contributed by atoms with E-state index in [1.54, 1.807) is 11.8 Å². The van der Waals surface area contributed by atoms with Crippen molar-refractivity contribution in [2.75, 3.05) is 5.73 Å². The van der Waals surface area contributed by atoms with Crippen LogP contribution in [-0.4, -0.2) is 15.0 Å². The highest BCUT2D eigenvalue weighted by atomic mass is 79.9. The van der Waals surface area contributed by atoms with Crippen molar-refractivity contribution in [2.45, 2.75) is 30.5 Å². The van der Waals surface area contributed by atoms with Gasteiger partial charge in [-0.3, -0.25) is 0 Å². The summed E-state index contributed by atoms with van der Waals surface area (Å²) in [5, 5.41) is 4.86. The summed E-state index contributed by atoms with van der Waals surface area (Å²) in [5.74, 6) is 0.747. The molecule has 18 heavy (non-hydrogen) atoms. The van der Waals surface area contributed by atoms with Crippen LogP contribution in [0.25, 0.3) is 0 Å².